The van der Waals surface area contributed by atoms with Gasteiger partial charge in [-0.2, -0.15) is 5.10 Å². The third-order valence-electron chi connectivity index (χ3n) is 1.20. The first kappa shape index (κ1) is 5.22. The Morgan fingerprint density at radius 2 is 2.50 bits per heavy atom. The quantitative estimate of drug-likeness (QED) is 0.598. The van der Waals surface area contributed by atoms with E-state index in [1.165, 1.54) is 0 Å². The molecule has 2 N–H and O–H groups in total. The van der Waals surface area contributed by atoms with Crippen molar-refractivity contribution in [3.8, 4) is 11.4 Å². The van der Waals surface area contributed by atoms with Crippen molar-refractivity contribution in [1.29, 1.82) is 0 Å². The van der Waals surface area contributed by atoms with E-state index in [9.17, 15) is 0 Å². The van der Waals surface area contributed by atoms with Gasteiger partial charge in [0.15, 0.2) is 0 Å². The minimum absolute atomic E-state index is 0.786. The topological polar surface area (TPSA) is 57.4 Å². The standard InChI is InChI=1S/C6H5N4/c1-2-8-6(7-1)5-3-9-10-4-5/h1-3H,(H,7,8)(H,9,10). The van der Waals surface area contributed by atoms with Crippen LogP contribution in [0.2, 0.25) is 0 Å². The van der Waals surface area contributed by atoms with E-state index in [-0.39, 0.29) is 0 Å². The van der Waals surface area contributed by atoms with Crippen LogP contribution in [0.1, 0.15) is 0 Å². The van der Waals surface area contributed by atoms with Crippen molar-refractivity contribution < 1.29 is 0 Å². The van der Waals surface area contributed by atoms with Gasteiger partial charge in [0.1, 0.15) is 12.0 Å². The molecule has 0 aliphatic carbocycles. The molecule has 2 aromatic heterocycles. The fourth-order valence-corrected chi connectivity index (χ4v) is 0.755. The van der Waals surface area contributed by atoms with Gasteiger partial charge in [0.05, 0.1) is 5.56 Å². The summed E-state index contributed by atoms with van der Waals surface area (Å²) in [4.78, 5) is 6.95. The molecule has 4 heteroatoms. The lowest BCUT2D eigenvalue weighted by Crippen LogP contribution is -1.74. The van der Waals surface area contributed by atoms with Gasteiger partial charge >= 0.3 is 0 Å². The average Bonchev–Trinajstić information content (AvgIpc) is 2.59. The summed E-state index contributed by atoms with van der Waals surface area (Å²) in [5.41, 5.74) is 0.852. The molecule has 0 fully saturated rings. The van der Waals surface area contributed by atoms with E-state index >= 15 is 0 Å². The first-order chi connectivity index (χ1) is 4.97. The number of hydrogen-bond acceptors (Lipinski definition) is 2. The van der Waals surface area contributed by atoms with E-state index in [4.69, 9.17) is 0 Å². The molecule has 0 saturated heterocycles. The molecule has 0 spiro atoms. The van der Waals surface area contributed by atoms with Crippen molar-refractivity contribution in [3.63, 3.8) is 0 Å². The van der Waals surface area contributed by atoms with Crippen molar-refractivity contribution in [3.05, 3.63) is 24.8 Å². The SMILES string of the molecule is [c]1n[nH]cc1-c1ncc[nH]1. The van der Waals surface area contributed by atoms with E-state index in [1.54, 1.807) is 18.6 Å². The first-order valence-electron chi connectivity index (χ1n) is 2.88. The Morgan fingerprint density at radius 3 is 3.10 bits per heavy atom. The van der Waals surface area contributed by atoms with Crippen molar-refractivity contribution >= 4 is 0 Å². The molecule has 0 unspecified atom stereocenters. The molecule has 2 rings (SSSR count). The predicted molar refractivity (Wildman–Crippen MR) is 35.0 cm³/mol. The third kappa shape index (κ3) is 0.699. The monoisotopic (exact) mass is 133 g/mol. The van der Waals surface area contributed by atoms with E-state index < -0.39 is 0 Å². The highest BCUT2D eigenvalue weighted by atomic mass is 15.1. The predicted octanol–water partition coefficient (Wildman–Crippen LogP) is 0.600. The number of aromatic nitrogens is 4. The molecule has 0 saturated carbocycles. The summed E-state index contributed by atoms with van der Waals surface area (Å²) in [6, 6.07) is 0. The van der Waals surface area contributed by atoms with Crippen LogP contribution >= 0.6 is 0 Å². The number of nitrogens with one attached hydrogen (secondary N) is 2. The van der Waals surface area contributed by atoms with Crippen molar-refractivity contribution in [2.24, 2.45) is 0 Å². The van der Waals surface area contributed by atoms with Crippen LogP contribution in [0.3, 0.4) is 0 Å². The first-order valence-corrected chi connectivity index (χ1v) is 2.88. The molecule has 1 radical (unpaired) electrons. The maximum Gasteiger partial charge on any atom is 0.141 e. The van der Waals surface area contributed by atoms with Gasteiger partial charge in [-0.1, -0.05) is 0 Å². The fourth-order valence-electron chi connectivity index (χ4n) is 0.755. The lowest BCUT2D eigenvalue weighted by atomic mass is 10.3. The molecule has 0 amide bonds. The minimum Gasteiger partial charge on any atom is -0.345 e. The largest absolute Gasteiger partial charge is 0.345 e. The van der Waals surface area contributed by atoms with Gasteiger partial charge in [0.2, 0.25) is 0 Å². The van der Waals surface area contributed by atoms with Gasteiger partial charge in [0.25, 0.3) is 0 Å². The van der Waals surface area contributed by atoms with Gasteiger partial charge in [-0.25, -0.2) is 4.98 Å². The van der Waals surface area contributed by atoms with Crippen LogP contribution in [-0.4, -0.2) is 20.2 Å². The Balaban J connectivity index is 2.48. The van der Waals surface area contributed by atoms with Crippen LogP contribution < -0.4 is 0 Å². The highest BCUT2D eigenvalue weighted by Gasteiger charge is 1.98. The van der Waals surface area contributed by atoms with Crippen LogP contribution in [0.4, 0.5) is 0 Å². The van der Waals surface area contributed by atoms with Gasteiger partial charge in [0, 0.05) is 18.6 Å². The Kier molecular flexibility index (Phi) is 1.04. The number of aromatic amines is 2. The Bertz CT molecular complexity index is 249. The average molecular weight is 133 g/mol. The van der Waals surface area contributed by atoms with Crippen molar-refractivity contribution in [2.75, 3.05) is 0 Å². The molecular weight excluding hydrogens is 128 g/mol. The molecule has 0 aromatic carbocycles. The van der Waals surface area contributed by atoms with Crippen LogP contribution in [0, 0.1) is 6.20 Å². The van der Waals surface area contributed by atoms with Crippen LogP contribution in [0.25, 0.3) is 11.4 Å². The second kappa shape index (κ2) is 1.98. The molecule has 10 heavy (non-hydrogen) atoms. The normalized spacial score (nSPS) is 10.0. The lowest BCUT2D eigenvalue weighted by molar-refractivity contribution is 1.08. The summed E-state index contributed by atoms with van der Waals surface area (Å²) in [5.74, 6) is 0.786. The van der Waals surface area contributed by atoms with Gasteiger partial charge in [-0.05, 0) is 0 Å². The maximum absolute atomic E-state index is 4.01. The van der Waals surface area contributed by atoms with Crippen LogP contribution in [0.15, 0.2) is 18.6 Å². The third-order valence-corrected chi connectivity index (χ3v) is 1.20. The summed E-state index contributed by atoms with van der Waals surface area (Å²) in [6.07, 6.45) is 7.93. The lowest BCUT2D eigenvalue weighted by Gasteiger charge is -1.83. The second-order valence-electron chi connectivity index (χ2n) is 1.85. The summed E-state index contributed by atoms with van der Waals surface area (Å²) >= 11 is 0. The second-order valence-corrected chi connectivity index (χ2v) is 1.85. The molecule has 2 heterocycles. The van der Waals surface area contributed by atoms with E-state index in [0.717, 1.165) is 11.4 Å². The zero-order valence-corrected chi connectivity index (χ0v) is 5.13. The zero-order chi connectivity index (χ0) is 6.81. The van der Waals surface area contributed by atoms with Gasteiger partial charge in [-0.15, -0.1) is 0 Å². The summed E-state index contributed by atoms with van der Waals surface area (Å²) in [6.45, 7) is 0. The van der Waals surface area contributed by atoms with Crippen LogP contribution in [-0.2, 0) is 0 Å². The zero-order valence-electron chi connectivity index (χ0n) is 5.13. The van der Waals surface area contributed by atoms with Crippen LogP contribution in [0.5, 0.6) is 0 Å². The Hall–Kier alpha value is -1.58. The highest BCUT2D eigenvalue weighted by molar-refractivity contribution is 5.50. The van der Waals surface area contributed by atoms with E-state index in [1.807, 2.05) is 0 Å². The number of H-pyrrole nitrogens is 2. The smallest absolute Gasteiger partial charge is 0.141 e. The molecule has 0 bridgehead atoms. The molecular formula is C6H5N4. The van der Waals surface area contributed by atoms with Crippen molar-refractivity contribution in [1.82, 2.24) is 20.2 Å². The maximum atomic E-state index is 4.01. The summed E-state index contributed by atoms with van der Waals surface area (Å²) < 4.78 is 0. The van der Waals surface area contributed by atoms with Gasteiger partial charge in [-0.3, -0.25) is 5.10 Å². The summed E-state index contributed by atoms with van der Waals surface area (Å²) in [7, 11) is 0. The Morgan fingerprint density at radius 1 is 1.50 bits per heavy atom. The van der Waals surface area contributed by atoms with E-state index in [2.05, 4.69) is 26.4 Å². The highest BCUT2D eigenvalue weighted by Crippen LogP contribution is 2.08. The van der Waals surface area contributed by atoms with Crippen molar-refractivity contribution in [2.45, 2.75) is 0 Å². The molecule has 4 nitrogen and oxygen atoms in total. The minimum atomic E-state index is 0.786. The number of imidazole rings is 1. The summed E-state index contributed by atoms with van der Waals surface area (Å²) in [5, 5.41) is 6.32. The number of rotatable bonds is 1. The van der Waals surface area contributed by atoms with Gasteiger partial charge < -0.3 is 4.98 Å². The molecule has 0 aliphatic heterocycles. The molecule has 0 aliphatic rings. The fraction of sp³-hybridized carbons (Fsp3) is 0. The molecule has 49 valence electrons. The van der Waals surface area contributed by atoms with E-state index in [0.29, 0.717) is 0 Å². The number of hydrogen-bond donors (Lipinski definition) is 2. The number of nitrogens with zero attached hydrogens (tertiary/aromatic N) is 2. The molecule has 2 aromatic rings. The molecule has 0 atom stereocenters. The Labute approximate surface area is 57.3 Å².